The molecule has 1 heterocycles. The number of pyridine rings is 1. The molecule has 0 amide bonds. The first-order valence-electron chi connectivity index (χ1n) is 6.25. The second kappa shape index (κ2) is 5.06. The first-order chi connectivity index (χ1) is 10.1. The standard InChI is InChI=1S/C15H12N2O3S/c18-14-7-8-16-10-15(14)21(19,20)17-13-6-5-11-3-1-2-4-12(11)9-13/h1-10,17H,(H,16,18). The van der Waals surface area contributed by atoms with Gasteiger partial charge >= 0.3 is 0 Å². The Hall–Kier alpha value is -2.60. The summed E-state index contributed by atoms with van der Waals surface area (Å²) < 4.78 is 26.9. The van der Waals surface area contributed by atoms with Gasteiger partial charge in [-0.25, -0.2) is 8.42 Å². The van der Waals surface area contributed by atoms with Gasteiger partial charge in [-0.1, -0.05) is 30.3 Å². The van der Waals surface area contributed by atoms with Crippen molar-refractivity contribution in [3.05, 3.63) is 71.1 Å². The van der Waals surface area contributed by atoms with Crippen molar-refractivity contribution in [2.75, 3.05) is 4.72 Å². The number of benzene rings is 2. The van der Waals surface area contributed by atoms with E-state index in [4.69, 9.17) is 0 Å². The second-order valence-corrected chi connectivity index (χ2v) is 6.19. The van der Waals surface area contributed by atoms with Crippen LogP contribution in [0.5, 0.6) is 0 Å². The van der Waals surface area contributed by atoms with Crippen molar-refractivity contribution < 1.29 is 8.42 Å². The molecule has 21 heavy (non-hydrogen) atoms. The van der Waals surface area contributed by atoms with Gasteiger partial charge in [0.2, 0.25) is 5.43 Å². The van der Waals surface area contributed by atoms with Gasteiger partial charge in [0.25, 0.3) is 10.0 Å². The Morgan fingerprint density at radius 3 is 2.48 bits per heavy atom. The van der Waals surface area contributed by atoms with Gasteiger partial charge in [-0.05, 0) is 22.9 Å². The Balaban J connectivity index is 2.01. The first kappa shape index (κ1) is 13.4. The van der Waals surface area contributed by atoms with Gasteiger partial charge in [-0.3, -0.25) is 9.52 Å². The molecule has 0 aliphatic rings. The summed E-state index contributed by atoms with van der Waals surface area (Å²) in [5.74, 6) is 0. The Kier molecular flexibility index (Phi) is 3.23. The molecule has 6 heteroatoms. The Labute approximate surface area is 121 Å². The largest absolute Gasteiger partial charge is 0.366 e. The van der Waals surface area contributed by atoms with Gasteiger partial charge in [-0.15, -0.1) is 0 Å². The van der Waals surface area contributed by atoms with Crippen molar-refractivity contribution in [2.45, 2.75) is 4.90 Å². The lowest BCUT2D eigenvalue weighted by atomic mass is 10.1. The summed E-state index contributed by atoms with van der Waals surface area (Å²) >= 11 is 0. The summed E-state index contributed by atoms with van der Waals surface area (Å²) in [4.78, 5) is 13.9. The predicted octanol–water partition coefficient (Wildman–Crippen LogP) is 2.33. The van der Waals surface area contributed by atoms with Crippen LogP contribution in [0.15, 0.2) is 70.6 Å². The number of hydrogen-bond donors (Lipinski definition) is 2. The molecule has 2 N–H and O–H groups in total. The summed E-state index contributed by atoms with van der Waals surface area (Å²) in [6.45, 7) is 0. The number of aromatic nitrogens is 1. The molecule has 0 aliphatic carbocycles. The van der Waals surface area contributed by atoms with E-state index in [1.807, 2.05) is 30.3 Å². The van der Waals surface area contributed by atoms with E-state index >= 15 is 0 Å². The summed E-state index contributed by atoms with van der Waals surface area (Å²) in [6.07, 6.45) is 2.56. The van der Waals surface area contributed by atoms with E-state index in [0.717, 1.165) is 10.8 Å². The minimum atomic E-state index is -3.91. The Morgan fingerprint density at radius 1 is 0.952 bits per heavy atom. The zero-order chi connectivity index (χ0) is 14.9. The summed E-state index contributed by atoms with van der Waals surface area (Å²) in [5, 5.41) is 1.93. The smallest absolute Gasteiger partial charge is 0.267 e. The summed E-state index contributed by atoms with van der Waals surface area (Å²) in [6, 6.07) is 14.0. The molecular weight excluding hydrogens is 288 g/mol. The van der Waals surface area contributed by atoms with Gasteiger partial charge in [0.1, 0.15) is 0 Å². The minimum absolute atomic E-state index is 0.307. The average Bonchev–Trinajstić information content (AvgIpc) is 2.47. The fraction of sp³-hybridized carbons (Fsp3) is 0. The van der Waals surface area contributed by atoms with Crippen LogP contribution in [0.2, 0.25) is 0 Å². The van der Waals surface area contributed by atoms with Crippen LogP contribution in [0.3, 0.4) is 0 Å². The van der Waals surface area contributed by atoms with Crippen LogP contribution in [0.4, 0.5) is 5.69 Å². The Morgan fingerprint density at radius 2 is 1.71 bits per heavy atom. The predicted molar refractivity (Wildman–Crippen MR) is 81.8 cm³/mol. The molecular formula is C15H12N2O3S. The maximum atomic E-state index is 12.2. The molecule has 3 aromatic rings. The van der Waals surface area contributed by atoms with Gasteiger partial charge in [0, 0.05) is 24.1 Å². The van der Waals surface area contributed by atoms with Crippen LogP contribution in [0, 0.1) is 0 Å². The van der Waals surface area contributed by atoms with E-state index in [0.29, 0.717) is 5.69 Å². The lowest BCUT2D eigenvalue weighted by molar-refractivity contribution is 0.600. The minimum Gasteiger partial charge on any atom is -0.366 e. The number of hydrogen-bond acceptors (Lipinski definition) is 3. The highest BCUT2D eigenvalue weighted by Crippen LogP contribution is 2.20. The zero-order valence-electron chi connectivity index (χ0n) is 10.9. The van der Waals surface area contributed by atoms with Gasteiger partial charge in [-0.2, -0.15) is 0 Å². The Bertz CT molecular complexity index is 962. The van der Waals surface area contributed by atoms with E-state index in [1.54, 1.807) is 12.1 Å². The van der Waals surface area contributed by atoms with Crippen molar-refractivity contribution in [3.8, 4) is 0 Å². The second-order valence-electron chi connectivity index (χ2n) is 4.54. The van der Waals surface area contributed by atoms with Crippen LogP contribution in [-0.4, -0.2) is 13.4 Å². The van der Waals surface area contributed by atoms with Crippen molar-refractivity contribution in [1.82, 2.24) is 4.98 Å². The van der Waals surface area contributed by atoms with Crippen molar-refractivity contribution in [3.63, 3.8) is 0 Å². The molecule has 0 radical (unpaired) electrons. The lowest BCUT2D eigenvalue weighted by Gasteiger charge is -2.08. The fourth-order valence-corrected chi connectivity index (χ4v) is 3.18. The van der Waals surface area contributed by atoms with Gasteiger partial charge in [0.05, 0.1) is 0 Å². The van der Waals surface area contributed by atoms with Crippen molar-refractivity contribution >= 4 is 26.5 Å². The molecule has 0 unspecified atom stereocenters. The van der Waals surface area contributed by atoms with E-state index in [1.165, 1.54) is 18.5 Å². The van der Waals surface area contributed by atoms with Crippen LogP contribution >= 0.6 is 0 Å². The van der Waals surface area contributed by atoms with Crippen LogP contribution < -0.4 is 10.2 Å². The third-order valence-electron chi connectivity index (χ3n) is 3.08. The number of nitrogens with one attached hydrogen (secondary N) is 2. The highest BCUT2D eigenvalue weighted by atomic mass is 32.2. The maximum absolute atomic E-state index is 12.2. The molecule has 0 spiro atoms. The fourth-order valence-electron chi connectivity index (χ4n) is 2.07. The van der Waals surface area contributed by atoms with Crippen molar-refractivity contribution in [2.24, 2.45) is 0 Å². The molecule has 2 aromatic carbocycles. The van der Waals surface area contributed by atoms with E-state index in [9.17, 15) is 13.2 Å². The molecule has 5 nitrogen and oxygen atoms in total. The monoisotopic (exact) mass is 300 g/mol. The maximum Gasteiger partial charge on any atom is 0.267 e. The SMILES string of the molecule is O=c1cc[nH]cc1S(=O)(=O)Nc1ccc2ccccc2c1. The highest BCUT2D eigenvalue weighted by Gasteiger charge is 2.17. The molecule has 1 aromatic heterocycles. The number of anilines is 1. The molecule has 0 saturated carbocycles. The number of fused-ring (bicyclic) bond motifs is 1. The van der Waals surface area contributed by atoms with Gasteiger partial charge < -0.3 is 4.98 Å². The number of H-pyrrole nitrogens is 1. The third-order valence-corrected chi connectivity index (χ3v) is 4.48. The zero-order valence-corrected chi connectivity index (χ0v) is 11.7. The van der Waals surface area contributed by atoms with E-state index in [-0.39, 0.29) is 4.90 Å². The summed E-state index contributed by atoms with van der Waals surface area (Å²) in [5.41, 5.74) is -0.140. The van der Waals surface area contributed by atoms with E-state index < -0.39 is 15.5 Å². The van der Waals surface area contributed by atoms with E-state index in [2.05, 4.69) is 9.71 Å². The molecule has 106 valence electrons. The number of rotatable bonds is 3. The number of aromatic amines is 1. The lowest BCUT2D eigenvalue weighted by Crippen LogP contribution is -2.20. The molecule has 0 aliphatic heterocycles. The molecule has 0 fully saturated rings. The van der Waals surface area contributed by atoms with Crippen molar-refractivity contribution in [1.29, 1.82) is 0 Å². The number of sulfonamides is 1. The quantitative estimate of drug-likeness (QED) is 0.779. The molecule has 0 saturated heterocycles. The van der Waals surface area contributed by atoms with Crippen LogP contribution in [0.25, 0.3) is 10.8 Å². The highest BCUT2D eigenvalue weighted by molar-refractivity contribution is 7.92. The normalized spacial score (nSPS) is 11.4. The first-order valence-corrected chi connectivity index (χ1v) is 7.73. The van der Waals surface area contributed by atoms with Gasteiger partial charge in [0.15, 0.2) is 4.90 Å². The van der Waals surface area contributed by atoms with Crippen LogP contribution in [0.1, 0.15) is 0 Å². The molecule has 0 bridgehead atoms. The molecule has 0 atom stereocenters. The van der Waals surface area contributed by atoms with Crippen LogP contribution in [-0.2, 0) is 10.0 Å². The molecule has 3 rings (SSSR count). The third kappa shape index (κ3) is 2.66. The average molecular weight is 300 g/mol. The summed E-state index contributed by atoms with van der Waals surface area (Å²) in [7, 11) is -3.91. The topological polar surface area (TPSA) is 79.0 Å².